The smallest absolute Gasteiger partial charge is 0.187 e. The molecule has 0 saturated carbocycles. The highest BCUT2D eigenvalue weighted by molar-refractivity contribution is 4.96. The number of rotatable bonds is 12. The van der Waals surface area contributed by atoms with E-state index in [0.717, 1.165) is 0 Å². The Kier molecular flexibility index (Phi) is 11.5. The molecule has 2 fully saturated rings. The maximum atomic E-state index is 6.43. The normalized spacial score (nSPS) is 41.4. The van der Waals surface area contributed by atoms with Crippen LogP contribution < -0.4 is 0 Å². The number of hydrogen-bond donors (Lipinski definition) is 0. The Morgan fingerprint density at radius 3 is 1.32 bits per heavy atom. The van der Waals surface area contributed by atoms with E-state index in [9.17, 15) is 0 Å². The second-order valence-electron chi connectivity index (χ2n) is 7.33. The Morgan fingerprint density at radius 1 is 0.452 bits per heavy atom. The highest BCUT2D eigenvalue weighted by Crippen LogP contribution is 2.33. The molecule has 0 radical (unpaired) electrons. The van der Waals surface area contributed by atoms with Gasteiger partial charge in [-0.2, -0.15) is 0 Å². The maximum absolute atomic E-state index is 6.43. The van der Waals surface area contributed by atoms with Crippen LogP contribution in [0.2, 0.25) is 0 Å². The lowest BCUT2D eigenvalue weighted by molar-refractivity contribution is -0.365. The van der Waals surface area contributed by atoms with Crippen molar-refractivity contribution >= 4 is 0 Å². The van der Waals surface area contributed by atoms with Gasteiger partial charge in [0.05, 0.1) is 13.2 Å². The van der Waals surface area contributed by atoms with Crippen LogP contribution in [0.3, 0.4) is 0 Å². The van der Waals surface area contributed by atoms with Gasteiger partial charge in [0.25, 0.3) is 0 Å². The Balaban J connectivity index is 2.32. The summed E-state index contributed by atoms with van der Waals surface area (Å²) in [5.74, 6) is 0. The van der Waals surface area contributed by atoms with Crippen LogP contribution in [0, 0.1) is 0 Å². The molecule has 0 amide bonds. The van der Waals surface area contributed by atoms with Crippen LogP contribution >= 0.6 is 0 Å². The third-order valence-corrected chi connectivity index (χ3v) is 5.73. The molecule has 11 heteroatoms. The first-order chi connectivity index (χ1) is 15.0. The Hall–Kier alpha value is -0.440. The zero-order valence-corrected chi connectivity index (χ0v) is 19.7. The van der Waals surface area contributed by atoms with Crippen molar-refractivity contribution in [1.29, 1.82) is 0 Å². The quantitative estimate of drug-likeness (QED) is 0.393. The topological polar surface area (TPSA) is 102 Å². The summed E-state index contributed by atoms with van der Waals surface area (Å²) in [6.45, 7) is 0.540. The first-order valence-electron chi connectivity index (χ1n) is 10.2. The van der Waals surface area contributed by atoms with Crippen LogP contribution in [0.4, 0.5) is 0 Å². The molecular formula is C20H38O11. The van der Waals surface area contributed by atoms with Gasteiger partial charge in [-0.15, -0.1) is 0 Å². The average Bonchev–Trinajstić information content (AvgIpc) is 2.79. The molecule has 11 nitrogen and oxygen atoms in total. The second kappa shape index (κ2) is 13.3. The van der Waals surface area contributed by atoms with Crippen LogP contribution in [-0.2, 0) is 52.1 Å². The largest absolute Gasteiger partial charge is 0.382 e. The van der Waals surface area contributed by atoms with Crippen molar-refractivity contribution in [1.82, 2.24) is 0 Å². The molecule has 2 heterocycles. The first-order valence-corrected chi connectivity index (χ1v) is 10.2. The molecule has 2 aliphatic rings. The van der Waals surface area contributed by atoms with Gasteiger partial charge in [0.2, 0.25) is 0 Å². The van der Waals surface area contributed by atoms with Crippen molar-refractivity contribution in [2.75, 3.05) is 70.1 Å². The van der Waals surface area contributed by atoms with E-state index in [2.05, 4.69) is 0 Å². The van der Waals surface area contributed by atoms with E-state index in [-0.39, 0.29) is 13.2 Å². The van der Waals surface area contributed by atoms with Crippen LogP contribution in [0.5, 0.6) is 0 Å². The maximum Gasteiger partial charge on any atom is 0.187 e. The van der Waals surface area contributed by atoms with Gasteiger partial charge in [-0.25, -0.2) is 0 Å². The van der Waals surface area contributed by atoms with Gasteiger partial charge >= 0.3 is 0 Å². The molecule has 2 rings (SSSR count). The molecule has 31 heavy (non-hydrogen) atoms. The number of ether oxygens (including phenoxy) is 11. The van der Waals surface area contributed by atoms with Crippen molar-refractivity contribution in [2.24, 2.45) is 0 Å². The van der Waals surface area contributed by atoms with Crippen molar-refractivity contribution in [3.8, 4) is 0 Å². The summed E-state index contributed by atoms with van der Waals surface area (Å²) < 4.78 is 63.2. The molecule has 0 N–H and O–H groups in total. The third kappa shape index (κ3) is 5.92. The fourth-order valence-corrected chi connectivity index (χ4v) is 4.29. The summed E-state index contributed by atoms with van der Waals surface area (Å²) in [5.41, 5.74) is 0. The predicted octanol–water partition coefficient (Wildman–Crippen LogP) is -0.164. The number of hydrogen-bond acceptors (Lipinski definition) is 11. The summed E-state index contributed by atoms with van der Waals surface area (Å²) in [7, 11) is 12.6. The van der Waals surface area contributed by atoms with Crippen LogP contribution in [0.25, 0.3) is 0 Å². The molecule has 0 aromatic heterocycles. The van der Waals surface area contributed by atoms with E-state index in [1.54, 1.807) is 56.9 Å². The Morgan fingerprint density at radius 2 is 0.871 bits per heavy atom. The predicted molar refractivity (Wildman–Crippen MR) is 107 cm³/mol. The van der Waals surface area contributed by atoms with E-state index in [4.69, 9.17) is 52.1 Å². The highest BCUT2D eigenvalue weighted by Gasteiger charge is 2.53. The zero-order valence-electron chi connectivity index (χ0n) is 19.7. The molecular weight excluding hydrogens is 416 g/mol. The molecule has 184 valence electrons. The van der Waals surface area contributed by atoms with Crippen molar-refractivity contribution in [2.45, 2.75) is 61.4 Å². The van der Waals surface area contributed by atoms with E-state index < -0.39 is 61.4 Å². The molecule has 0 aromatic rings. The lowest BCUT2D eigenvalue weighted by Crippen LogP contribution is -2.66. The van der Waals surface area contributed by atoms with Gasteiger partial charge in [-0.05, 0) is 0 Å². The van der Waals surface area contributed by atoms with Crippen molar-refractivity contribution in [3.63, 3.8) is 0 Å². The minimum Gasteiger partial charge on any atom is -0.382 e. The Bertz CT molecular complexity index is 496. The van der Waals surface area contributed by atoms with E-state index in [0.29, 0.717) is 0 Å². The minimum absolute atomic E-state index is 0.251. The molecule has 0 bridgehead atoms. The minimum atomic E-state index is -0.816. The molecule has 2 aliphatic heterocycles. The average molecular weight is 455 g/mol. The fraction of sp³-hybridized carbons (Fsp3) is 1.00. The van der Waals surface area contributed by atoms with Crippen molar-refractivity contribution in [3.05, 3.63) is 0 Å². The van der Waals surface area contributed by atoms with Crippen LogP contribution in [-0.4, -0.2) is 132 Å². The molecule has 0 unspecified atom stereocenters. The third-order valence-electron chi connectivity index (χ3n) is 5.73. The second-order valence-corrected chi connectivity index (χ2v) is 7.33. The van der Waals surface area contributed by atoms with Gasteiger partial charge < -0.3 is 52.1 Å². The SMILES string of the molecule is COC[C@H]1O[C@@H](O[C@H]2[C@H](OC)[C@@H](OC)[C@@H](OC)O[C@@H]2COC)[C@H](OC)[C@@H](OC)[C@H]1OC. The summed E-state index contributed by atoms with van der Waals surface area (Å²) in [4.78, 5) is 0. The van der Waals surface area contributed by atoms with Crippen molar-refractivity contribution < 1.29 is 52.1 Å². The summed E-state index contributed by atoms with van der Waals surface area (Å²) >= 11 is 0. The lowest BCUT2D eigenvalue weighted by atomic mass is 9.96. The summed E-state index contributed by atoms with van der Waals surface area (Å²) in [6, 6.07) is 0. The fourth-order valence-electron chi connectivity index (χ4n) is 4.29. The van der Waals surface area contributed by atoms with Gasteiger partial charge in [0.15, 0.2) is 12.6 Å². The Labute approximate surface area is 184 Å². The zero-order chi connectivity index (χ0) is 23.0. The lowest BCUT2D eigenvalue weighted by Gasteiger charge is -2.49. The summed E-state index contributed by atoms with van der Waals surface area (Å²) in [6.07, 6.45) is -5.50. The van der Waals surface area contributed by atoms with Crippen LogP contribution in [0.15, 0.2) is 0 Å². The van der Waals surface area contributed by atoms with Gasteiger partial charge in [-0.3, -0.25) is 0 Å². The van der Waals surface area contributed by atoms with E-state index >= 15 is 0 Å². The van der Waals surface area contributed by atoms with Gasteiger partial charge in [-0.1, -0.05) is 0 Å². The molecule has 0 aliphatic carbocycles. The van der Waals surface area contributed by atoms with E-state index in [1.807, 2.05) is 0 Å². The molecule has 10 atom stereocenters. The first kappa shape index (κ1) is 26.8. The van der Waals surface area contributed by atoms with Gasteiger partial charge in [0, 0.05) is 56.9 Å². The summed E-state index contributed by atoms with van der Waals surface area (Å²) in [5, 5.41) is 0. The molecule has 2 saturated heterocycles. The molecule has 0 aromatic carbocycles. The highest BCUT2D eigenvalue weighted by atomic mass is 16.8. The number of methoxy groups -OCH3 is 8. The van der Waals surface area contributed by atoms with Gasteiger partial charge in [0.1, 0.15) is 48.8 Å². The van der Waals surface area contributed by atoms with E-state index in [1.165, 1.54) is 0 Å². The molecule has 0 spiro atoms. The van der Waals surface area contributed by atoms with Crippen LogP contribution in [0.1, 0.15) is 0 Å². The monoisotopic (exact) mass is 454 g/mol. The standard InChI is InChI=1S/C20H38O11/c1-21-9-11-13(23-3)15(24-4)18(27-7)20(30-11)31-14-12(10-22-2)29-19(28-8)17(26-6)16(14)25-5/h11-20H,9-10H2,1-8H3/t11-,12-,13+,14-,15+,16+,17-,18-,19+,20+/m1/s1.